The van der Waals surface area contributed by atoms with Crippen molar-refractivity contribution in [2.75, 3.05) is 0 Å². The molecule has 0 saturated heterocycles. The van der Waals surface area contributed by atoms with E-state index in [1.807, 2.05) is 0 Å². The largest absolute Gasteiger partial charge is 0.281 e. The molecule has 0 aliphatic rings. The molecule has 0 radical (unpaired) electrons. The number of nitrogens with zero attached hydrogens (tertiary/aromatic N) is 1. The molecule has 13 heavy (non-hydrogen) atoms. The average Bonchev–Trinajstić information content (AvgIpc) is 2.08. The lowest BCUT2D eigenvalue weighted by Crippen LogP contribution is -1.95. The van der Waals surface area contributed by atoms with Crippen LogP contribution in [0.25, 0.3) is 0 Å². The fraction of sp³-hybridized carbons (Fsp3) is 0.286. The molecule has 0 N–H and O–H groups in total. The van der Waals surface area contributed by atoms with Gasteiger partial charge in [-0.05, 0) is 11.6 Å². The van der Waals surface area contributed by atoms with E-state index in [1.165, 1.54) is 6.07 Å². The van der Waals surface area contributed by atoms with E-state index in [1.54, 1.807) is 0 Å². The number of pyridine rings is 1. The summed E-state index contributed by atoms with van der Waals surface area (Å²) < 4.78 is 24.6. The van der Waals surface area contributed by atoms with E-state index in [0.29, 0.717) is 10.9 Å². The molecule has 0 aromatic carbocycles. The van der Waals surface area contributed by atoms with Gasteiger partial charge in [0.05, 0.1) is 5.02 Å². The van der Waals surface area contributed by atoms with Crippen molar-refractivity contribution in [3.05, 3.63) is 27.5 Å². The van der Waals surface area contributed by atoms with Crippen molar-refractivity contribution in [1.82, 2.24) is 4.98 Å². The zero-order valence-corrected chi connectivity index (χ0v) is 9.30. The molecule has 0 amide bonds. The minimum absolute atomic E-state index is 0.0224. The lowest BCUT2D eigenvalue weighted by Gasteiger charge is -2.06. The molecule has 1 aromatic heterocycles. The Bertz CT molecular complexity index is 320. The molecule has 72 valence electrons. The van der Waals surface area contributed by atoms with Crippen LogP contribution < -0.4 is 0 Å². The maximum Gasteiger partial charge on any atom is 0.281 e. The van der Waals surface area contributed by atoms with E-state index in [4.69, 9.17) is 23.2 Å². The first-order chi connectivity index (χ1) is 6.06. The second kappa shape index (κ2) is 4.53. The number of hydrogen-bond donors (Lipinski definition) is 0. The monoisotopic (exact) mass is 289 g/mol. The van der Waals surface area contributed by atoms with Crippen LogP contribution in [-0.2, 0) is 5.33 Å². The highest BCUT2D eigenvalue weighted by molar-refractivity contribution is 9.08. The van der Waals surface area contributed by atoms with Gasteiger partial charge in [-0.1, -0.05) is 39.1 Å². The predicted octanol–water partition coefficient (Wildman–Crippen LogP) is 4.22. The average molecular weight is 291 g/mol. The van der Waals surface area contributed by atoms with Gasteiger partial charge in [-0.15, -0.1) is 0 Å². The Morgan fingerprint density at radius 1 is 1.46 bits per heavy atom. The van der Waals surface area contributed by atoms with E-state index < -0.39 is 12.1 Å². The third-order valence-electron chi connectivity index (χ3n) is 1.38. The lowest BCUT2D eigenvalue weighted by molar-refractivity contribution is 0.146. The van der Waals surface area contributed by atoms with Crippen molar-refractivity contribution in [1.29, 1.82) is 0 Å². The molecule has 0 aliphatic heterocycles. The Morgan fingerprint density at radius 2 is 2.08 bits per heavy atom. The molecule has 0 spiro atoms. The Balaban J connectivity index is 3.27. The SMILES string of the molecule is FC(F)c1nc(Cl)cc(CBr)c1Cl. The summed E-state index contributed by atoms with van der Waals surface area (Å²) in [5.41, 5.74) is 0.0422. The summed E-state index contributed by atoms with van der Waals surface area (Å²) in [6.07, 6.45) is -2.70. The van der Waals surface area contributed by atoms with Gasteiger partial charge in [0.15, 0.2) is 0 Å². The Kier molecular flexibility index (Phi) is 3.88. The molecule has 0 atom stereocenters. The summed E-state index contributed by atoms with van der Waals surface area (Å²) in [5.74, 6) is 0. The maximum atomic E-state index is 12.3. The van der Waals surface area contributed by atoms with Gasteiger partial charge in [-0.25, -0.2) is 13.8 Å². The molecular formula is C7H4BrCl2F2N. The van der Waals surface area contributed by atoms with Gasteiger partial charge < -0.3 is 0 Å². The van der Waals surface area contributed by atoms with Crippen LogP contribution in [0, 0.1) is 0 Å². The lowest BCUT2D eigenvalue weighted by atomic mass is 10.2. The summed E-state index contributed by atoms with van der Waals surface area (Å²) in [6.45, 7) is 0. The summed E-state index contributed by atoms with van der Waals surface area (Å²) in [7, 11) is 0. The third kappa shape index (κ3) is 2.51. The molecular weight excluding hydrogens is 287 g/mol. The Morgan fingerprint density at radius 3 is 2.54 bits per heavy atom. The number of alkyl halides is 3. The summed E-state index contributed by atoms with van der Waals surface area (Å²) in [5, 5.41) is 0.360. The van der Waals surface area contributed by atoms with Crippen molar-refractivity contribution >= 4 is 39.1 Å². The number of hydrogen-bond acceptors (Lipinski definition) is 1. The van der Waals surface area contributed by atoms with E-state index in [0.717, 1.165) is 0 Å². The van der Waals surface area contributed by atoms with Crippen LogP contribution in [-0.4, -0.2) is 4.98 Å². The van der Waals surface area contributed by atoms with Crippen molar-refractivity contribution in [3.8, 4) is 0 Å². The fourth-order valence-electron chi connectivity index (χ4n) is 0.810. The molecule has 0 unspecified atom stereocenters. The molecule has 1 nitrogen and oxygen atoms in total. The standard InChI is InChI=1S/C7H4BrCl2F2N/c8-2-3-1-4(9)13-6(5(3)10)7(11)12/h1,7H,2H2. The second-order valence-electron chi connectivity index (χ2n) is 2.24. The minimum atomic E-state index is -2.70. The fourth-order valence-corrected chi connectivity index (χ4v) is 1.88. The minimum Gasteiger partial charge on any atom is -0.234 e. The van der Waals surface area contributed by atoms with E-state index in [9.17, 15) is 8.78 Å². The summed E-state index contributed by atoms with van der Waals surface area (Å²) >= 11 is 14.3. The molecule has 0 saturated carbocycles. The first-order valence-corrected chi connectivity index (χ1v) is 5.13. The first kappa shape index (κ1) is 11.1. The summed E-state index contributed by atoms with van der Waals surface area (Å²) in [4.78, 5) is 3.44. The maximum absolute atomic E-state index is 12.3. The number of rotatable bonds is 2. The predicted molar refractivity (Wildman–Crippen MR) is 51.8 cm³/mol. The van der Waals surface area contributed by atoms with Crippen LogP contribution >= 0.6 is 39.1 Å². The second-order valence-corrected chi connectivity index (χ2v) is 3.56. The summed E-state index contributed by atoms with van der Waals surface area (Å²) in [6, 6.07) is 1.45. The molecule has 1 heterocycles. The highest BCUT2D eigenvalue weighted by atomic mass is 79.9. The first-order valence-electron chi connectivity index (χ1n) is 3.25. The Hall–Kier alpha value is 0.0700. The Labute approximate surface area is 92.2 Å². The van der Waals surface area contributed by atoms with E-state index in [2.05, 4.69) is 20.9 Å². The van der Waals surface area contributed by atoms with Crippen LogP contribution in [0.1, 0.15) is 17.7 Å². The highest BCUT2D eigenvalue weighted by Crippen LogP contribution is 2.31. The van der Waals surface area contributed by atoms with E-state index in [-0.39, 0.29) is 10.2 Å². The quantitative estimate of drug-likeness (QED) is 0.587. The van der Waals surface area contributed by atoms with Crippen LogP contribution in [0.3, 0.4) is 0 Å². The van der Waals surface area contributed by atoms with Crippen molar-refractivity contribution in [2.24, 2.45) is 0 Å². The van der Waals surface area contributed by atoms with Gasteiger partial charge in [-0.2, -0.15) is 0 Å². The topological polar surface area (TPSA) is 12.9 Å². The van der Waals surface area contributed by atoms with Crippen molar-refractivity contribution < 1.29 is 8.78 Å². The van der Waals surface area contributed by atoms with Gasteiger partial charge in [0.1, 0.15) is 10.8 Å². The molecule has 0 fully saturated rings. The molecule has 0 bridgehead atoms. The van der Waals surface area contributed by atoms with Gasteiger partial charge in [0, 0.05) is 5.33 Å². The molecule has 6 heteroatoms. The van der Waals surface area contributed by atoms with Gasteiger partial charge in [-0.3, -0.25) is 0 Å². The zero-order chi connectivity index (χ0) is 10.0. The molecule has 1 aromatic rings. The number of halogens is 5. The third-order valence-corrected chi connectivity index (χ3v) is 2.61. The van der Waals surface area contributed by atoms with Gasteiger partial charge >= 0.3 is 0 Å². The van der Waals surface area contributed by atoms with Crippen LogP contribution in [0.15, 0.2) is 6.07 Å². The van der Waals surface area contributed by atoms with Gasteiger partial charge in [0.25, 0.3) is 6.43 Å². The van der Waals surface area contributed by atoms with Gasteiger partial charge in [0.2, 0.25) is 0 Å². The number of aromatic nitrogens is 1. The normalized spacial score (nSPS) is 10.9. The highest BCUT2D eigenvalue weighted by Gasteiger charge is 2.17. The van der Waals surface area contributed by atoms with Crippen LogP contribution in [0.4, 0.5) is 8.78 Å². The van der Waals surface area contributed by atoms with Crippen LogP contribution in [0.5, 0.6) is 0 Å². The zero-order valence-electron chi connectivity index (χ0n) is 6.20. The smallest absolute Gasteiger partial charge is 0.234 e. The van der Waals surface area contributed by atoms with E-state index >= 15 is 0 Å². The van der Waals surface area contributed by atoms with Crippen molar-refractivity contribution in [3.63, 3.8) is 0 Å². The molecule has 0 aliphatic carbocycles. The molecule has 1 rings (SSSR count). The van der Waals surface area contributed by atoms with Crippen LogP contribution in [0.2, 0.25) is 10.2 Å². The van der Waals surface area contributed by atoms with Crippen molar-refractivity contribution in [2.45, 2.75) is 11.8 Å².